The maximum atomic E-state index is 13.5. The monoisotopic (exact) mass is 939 g/mol. The van der Waals surface area contributed by atoms with Crippen molar-refractivity contribution in [1.82, 2.24) is 35.4 Å². The number of aromatic nitrogens is 3. The van der Waals surface area contributed by atoms with E-state index in [1.807, 2.05) is 35.2 Å². The van der Waals surface area contributed by atoms with Gasteiger partial charge in [0.25, 0.3) is 17.4 Å². The SMILES string of the molecule is CC1(C)C(NC(=O)c2ccc(C#CCC3CCN(CC4CCN(C(=O)C5CN(c6ccc7nnn(C8CCC(=O)NC8=O)c(=O)c7c6)C5)CC4)CC3)cc2)C(C)(C)C1Oc1ccc(C#N)c(Cl)c1. The van der Waals surface area contributed by atoms with Crippen LogP contribution in [0.15, 0.2) is 65.5 Å². The van der Waals surface area contributed by atoms with Crippen molar-refractivity contribution in [2.24, 2.45) is 28.6 Å². The summed E-state index contributed by atoms with van der Waals surface area (Å²) >= 11 is 6.25. The molecule has 5 fully saturated rings. The average Bonchev–Trinajstić information content (AvgIpc) is 3.31. The number of hydrogen-bond acceptors (Lipinski definition) is 11. The minimum absolute atomic E-state index is 0.0936. The number of carbonyl (C=O) groups excluding carboxylic acids is 4. The Labute approximate surface area is 401 Å². The van der Waals surface area contributed by atoms with E-state index in [0.717, 1.165) is 80.8 Å². The van der Waals surface area contributed by atoms with Crippen LogP contribution in [0.1, 0.15) is 100 Å². The Bertz CT molecular complexity index is 2770. The van der Waals surface area contributed by atoms with Gasteiger partial charge in [0.2, 0.25) is 11.8 Å². The Balaban J connectivity index is 0.676. The van der Waals surface area contributed by atoms with Crippen LogP contribution in [-0.2, 0) is 14.4 Å². The maximum Gasteiger partial charge on any atom is 0.278 e. The minimum atomic E-state index is -0.884. The van der Waals surface area contributed by atoms with Gasteiger partial charge in [-0.05, 0) is 112 Å². The number of nitrogens with one attached hydrogen (secondary N) is 2. The van der Waals surface area contributed by atoms with E-state index in [1.165, 1.54) is 0 Å². The van der Waals surface area contributed by atoms with Gasteiger partial charge in [-0.3, -0.25) is 29.3 Å². The highest BCUT2D eigenvalue weighted by atomic mass is 35.5. The second kappa shape index (κ2) is 19.0. The van der Waals surface area contributed by atoms with Gasteiger partial charge >= 0.3 is 0 Å². The molecule has 5 heterocycles. The van der Waals surface area contributed by atoms with E-state index >= 15 is 0 Å². The van der Waals surface area contributed by atoms with Gasteiger partial charge in [0, 0.05) is 85.3 Å². The fraction of sp³-hybridized carbons (Fsp3) is 0.500. The van der Waals surface area contributed by atoms with Crippen LogP contribution in [0.25, 0.3) is 10.9 Å². The van der Waals surface area contributed by atoms with Crippen molar-refractivity contribution in [3.05, 3.63) is 92.7 Å². The second-order valence-corrected chi connectivity index (χ2v) is 20.9. The standard InChI is InChI=1S/C52H58ClN9O6/c1-51(2)49(52(3,4)50(51)68-39-14-12-36(28-54)41(53)27-39)56-45(64)35-10-8-32(9-11-35)6-5-7-33-18-22-59(23-19-33)29-34-20-24-60(25-21-34)47(66)37-30-61(31-37)38-13-15-42-40(26-38)48(67)62(58-57-42)43-16-17-44(63)55-46(43)65/h8-15,26-27,33-34,37,43,49-50H,7,16-25,29-31H2,1-4H3,(H,56,64)(H,55,63,65). The zero-order valence-electron chi connectivity index (χ0n) is 39.1. The first-order chi connectivity index (χ1) is 32.6. The highest BCUT2D eigenvalue weighted by molar-refractivity contribution is 6.31. The first-order valence-corrected chi connectivity index (χ1v) is 24.2. The molecule has 1 unspecified atom stereocenters. The molecule has 0 radical (unpaired) electrons. The Kier molecular flexibility index (Phi) is 13.1. The molecule has 9 rings (SSSR count). The average molecular weight is 941 g/mol. The summed E-state index contributed by atoms with van der Waals surface area (Å²) < 4.78 is 7.44. The van der Waals surface area contributed by atoms with Gasteiger partial charge in [-0.15, -0.1) is 5.10 Å². The lowest BCUT2D eigenvalue weighted by atomic mass is 9.49. The summed E-state index contributed by atoms with van der Waals surface area (Å²) in [6, 6.07) is 19.0. The molecule has 1 atom stereocenters. The number of hydrogen-bond donors (Lipinski definition) is 2. The third kappa shape index (κ3) is 9.43. The predicted molar refractivity (Wildman–Crippen MR) is 257 cm³/mol. The van der Waals surface area contributed by atoms with Crippen molar-refractivity contribution in [3.63, 3.8) is 0 Å². The fourth-order valence-corrected chi connectivity index (χ4v) is 11.6. The zero-order valence-corrected chi connectivity index (χ0v) is 39.9. The Morgan fingerprint density at radius 1 is 0.897 bits per heavy atom. The summed E-state index contributed by atoms with van der Waals surface area (Å²) in [6.45, 7) is 14.2. The van der Waals surface area contributed by atoms with Gasteiger partial charge < -0.3 is 24.8 Å². The van der Waals surface area contributed by atoms with Crippen molar-refractivity contribution < 1.29 is 23.9 Å². The lowest BCUT2D eigenvalue weighted by Crippen LogP contribution is -2.74. The molecule has 3 aromatic carbocycles. The molecule has 1 aromatic heterocycles. The Morgan fingerprint density at radius 3 is 2.28 bits per heavy atom. The third-order valence-corrected chi connectivity index (χ3v) is 15.4. The van der Waals surface area contributed by atoms with Crippen LogP contribution in [-0.4, -0.2) is 106 Å². The van der Waals surface area contributed by atoms with E-state index in [1.54, 1.807) is 30.3 Å². The molecule has 16 heteroatoms. The molecule has 0 bridgehead atoms. The Morgan fingerprint density at radius 2 is 1.60 bits per heavy atom. The van der Waals surface area contributed by atoms with E-state index in [9.17, 15) is 29.2 Å². The van der Waals surface area contributed by atoms with Crippen molar-refractivity contribution in [2.75, 3.05) is 50.7 Å². The second-order valence-electron chi connectivity index (χ2n) is 20.5. The van der Waals surface area contributed by atoms with Crippen LogP contribution >= 0.6 is 11.6 Å². The number of ether oxygens (including phenoxy) is 1. The van der Waals surface area contributed by atoms with Crippen LogP contribution in [0.4, 0.5) is 5.69 Å². The topological polar surface area (TPSA) is 183 Å². The first-order valence-electron chi connectivity index (χ1n) is 23.8. The molecule has 354 valence electrons. The van der Waals surface area contributed by atoms with Gasteiger partial charge in [0.1, 0.15) is 29.5 Å². The molecule has 4 aromatic rings. The van der Waals surface area contributed by atoms with Crippen molar-refractivity contribution >= 4 is 51.8 Å². The number of anilines is 1. The molecular formula is C52H58ClN9O6. The smallest absolute Gasteiger partial charge is 0.278 e. The normalized spacial score (nSPS) is 23.1. The van der Waals surface area contributed by atoms with Gasteiger partial charge in [-0.2, -0.15) is 9.94 Å². The molecule has 5 aliphatic rings. The number of imide groups is 1. The van der Waals surface area contributed by atoms with Crippen LogP contribution in [0.5, 0.6) is 5.75 Å². The summed E-state index contributed by atoms with van der Waals surface area (Å²) in [6.07, 6.45) is 5.22. The summed E-state index contributed by atoms with van der Waals surface area (Å²) in [5.41, 5.74) is 1.97. The van der Waals surface area contributed by atoms with E-state index in [4.69, 9.17) is 16.3 Å². The molecule has 68 heavy (non-hydrogen) atoms. The molecule has 4 saturated heterocycles. The highest BCUT2D eigenvalue weighted by Crippen LogP contribution is 2.55. The molecule has 15 nitrogen and oxygen atoms in total. The number of carbonyl (C=O) groups is 4. The van der Waals surface area contributed by atoms with Crippen LogP contribution < -0.4 is 25.8 Å². The zero-order chi connectivity index (χ0) is 47.9. The largest absolute Gasteiger partial charge is 0.489 e. The molecule has 1 aliphatic carbocycles. The van der Waals surface area contributed by atoms with Crippen molar-refractivity contribution in [2.45, 2.75) is 90.8 Å². The first kappa shape index (κ1) is 46.8. The van der Waals surface area contributed by atoms with Crippen molar-refractivity contribution in [1.29, 1.82) is 5.26 Å². The van der Waals surface area contributed by atoms with Gasteiger partial charge in [0.05, 0.1) is 21.9 Å². The van der Waals surface area contributed by atoms with E-state index in [2.05, 4.69) is 76.4 Å². The number of rotatable bonds is 10. The van der Waals surface area contributed by atoms with Crippen LogP contribution in [0.3, 0.4) is 0 Å². The third-order valence-electron chi connectivity index (χ3n) is 15.1. The number of fused-ring (bicyclic) bond motifs is 1. The number of piperidine rings is 3. The highest BCUT2D eigenvalue weighted by Gasteiger charge is 2.64. The van der Waals surface area contributed by atoms with E-state index in [-0.39, 0.29) is 59.5 Å². The van der Waals surface area contributed by atoms with Crippen LogP contribution in [0, 0.1) is 51.8 Å². The minimum Gasteiger partial charge on any atom is -0.489 e. The summed E-state index contributed by atoms with van der Waals surface area (Å²) in [7, 11) is 0. The number of nitrogens with zero attached hydrogens (tertiary/aromatic N) is 7. The number of nitriles is 1. The van der Waals surface area contributed by atoms with E-state index < -0.39 is 17.5 Å². The fourth-order valence-electron chi connectivity index (χ4n) is 11.3. The van der Waals surface area contributed by atoms with Gasteiger partial charge in [-0.1, -0.05) is 56.4 Å². The summed E-state index contributed by atoms with van der Waals surface area (Å²) in [5, 5.41) is 23.6. The lowest BCUT2D eigenvalue weighted by Gasteiger charge is -2.63. The van der Waals surface area contributed by atoms with Gasteiger partial charge in [0.15, 0.2) is 0 Å². The predicted octanol–water partition coefficient (Wildman–Crippen LogP) is 5.73. The van der Waals surface area contributed by atoms with Crippen molar-refractivity contribution in [3.8, 4) is 23.7 Å². The number of amides is 4. The maximum absolute atomic E-state index is 13.5. The quantitative estimate of drug-likeness (QED) is 0.146. The molecule has 2 N–H and O–H groups in total. The summed E-state index contributed by atoms with van der Waals surface area (Å²) in [4.78, 5) is 71.0. The Hall–Kier alpha value is -6.29. The summed E-state index contributed by atoms with van der Waals surface area (Å²) in [5.74, 6) is 7.50. The molecule has 1 saturated carbocycles. The van der Waals surface area contributed by atoms with E-state index in [0.29, 0.717) is 57.7 Å². The number of likely N-dealkylation sites (tertiary alicyclic amines) is 2. The number of halogens is 1. The van der Waals surface area contributed by atoms with Gasteiger partial charge in [-0.25, -0.2) is 0 Å². The lowest BCUT2D eigenvalue weighted by molar-refractivity contribution is -0.164. The van der Waals surface area contributed by atoms with Crippen LogP contribution in [0.2, 0.25) is 5.02 Å². The molecule has 0 spiro atoms. The molecular weight excluding hydrogens is 882 g/mol. The number of benzene rings is 3. The molecule has 4 aliphatic heterocycles. The molecule has 4 amide bonds.